The van der Waals surface area contributed by atoms with Crippen molar-refractivity contribution in [1.82, 2.24) is 10.2 Å². The number of nitrogens with zero attached hydrogens (tertiary/aromatic N) is 1. The summed E-state index contributed by atoms with van der Waals surface area (Å²) in [5, 5.41) is 3.37. The Labute approximate surface area is 49.9 Å². The normalized spacial score (nSPS) is 46.1. The van der Waals surface area contributed by atoms with Crippen LogP contribution in [0.25, 0.3) is 0 Å². The minimum absolute atomic E-state index is 0.884. The molecule has 0 saturated carbocycles. The van der Waals surface area contributed by atoms with Crippen molar-refractivity contribution in [2.45, 2.75) is 6.04 Å². The number of likely N-dealkylation sites (tertiary alicyclic amines) is 1. The van der Waals surface area contributed by atoms with E-state index >= 15 is 0 Å². The number of rotatable bonds is 0. The van der Waals surface area contributed by atoms with Crippen molar-refractivity contribution in [3.63, 3.8) is 0 Å². The Morgan fingerprint density at radius 2 is 2.38 bits per heavy atom. The third-order valence-electron chi connectivity index (χ3n) is 2.39. The summed E-state index contributed by atoms with van der Waals surface area (Å²) in [6.45, 7) is 3.80. The first-order chi connectivity index (χ1) is 3.88. The van der Waals surface area contributed by atoms with E-state index in [2.05, 4.69) is 17.3 Å². The second kappa shape index (κ2) is 1.45. The summed E-state index contributed by atoms with van der Waals surface area (Å²) in [4.78, 5) is 2.42. The molecular formula is C6H12N2. The summed E-state index contributed by atoms with van der Waals surface area (Å²) < 4.78 is 0. The van der Waals surface area contributed by atoms with E-state index in [1.54, 1.807) is 0 Å². The minimum Gasteiger partial charge on any atom is -0.315 e. The van der Waals surface area contributed by atoms with Crippen molar-refractivity contribution in [3.05, 3.63) is 0 Å². The van der Waals surface area contributed by atoms with Crippen LogP contribution < -0.4 is 5.32 Å². The van der Waals surface area contributed by atoms with Crippen molar-refractivity contribution in [2.75, 3.05) is 26.7 Å². The summed E-state index contributed by atoms with van der Waals surface area (Å²) in [6, 6.07) is 0.884. The summed E-state index contributed by atoms with van der Waals surface area (Å²) in [5.41, 5.74) is 0. The van der Waals surface area contributed by atoms with Crippen molar-refractivity contribution >= 4 is 0 Å². The largest absolute Gasteiger partial charge is 0.315 e. The lowest BCUT2D eigenvalue weighted by Gasteiger charge is -2.40. The molecule has 0 unspecified atom stereocenters. The molecule has 2 nitrogen and oxygen atoms in total. The van der Waals surface area contributed by atoms with Gasteiger partial charge in [-0.05, 0) is 7.05 Å². The van der Waals surface area contributed by atoms with Gasteiger partial charge in [0.1, 0.15) is 0 Å². The average molecular weight is 112 g/mol. The fraction of sp³-hybridized carbons (Fsp3) is 1.00. The molecule has 0 aromatic carbocycles. The number of likely N-dealkylation sites (N-methyl/N-ethyl adjacent to an activating group) is 1. The van der Waals surface area contributed by atoms with Crippen molar-refractivity contribution < 1.29 is 0 Å². The Hall–Kier alpha value is -0.0800. The SMILES string of the molecule is CN1C[C@@H]2CNC[C@@H]21. The molecule has 0 spiro atoms. The van der Waals surface area contributed by atoms with Crippen LogP contribution in [-0.2, 0) is 0 Å². The summed E-state index contributed by atoms with van der Waals surface area (Å²) in [7, 11) is 2.20. The molecule has 0 aromatic rings. The Morgan fingerprint density at radius 1 is 1.50 bits per heavy atom. The predicted octanol–water partition coefficient (Wildman–Crippen LogP) is -0.480. The molecule has 2 aliphatic heterocycles. The van der Waals surface area contributed by atoms with E-state index in [9.17, 15) is 0 Å². The molecule has 2 rings (SSSR count). The van der Waals surface area contributed by atoms with Gasteiger partial charge in [-0.15, -0.1) is 0 Å². The zero-order chi connectivity index (χ0) is 5.56. The molecule has 0 aliphatic carbocycles. The van der Waals surface area contributed by atoms with E-state index in [-0.39, 0.29) is 0 Å². The van der Waals surface area contributed by atoms with Gasteiger partial charge in [-0.1, -0.05) is 0 Å². The van der Waals surface area contributed by atoms with Crippen LogP contribution in [0, 0.1) is 5.92 Å². The summed E-state index contributed by atoms with van der Waals surface area (Å²) in [5.74, 6) is 0.986. The van der Waals surface area contributed by atoms with E-state index in [1.165, 1.54) is 19.6 Å². The van der Waals surface area contributed by atoms with Gasteiger partial charge < -0.3 is 10.2 Å². The van der Waals surface area contributed by atoms with Crippen LogP contribution in [0.15, 0.2) is 0 Å². The van der Waals surface area contributed by atoms with Crippen molar-refractivity contribution in [2.24, 2.45) is 5.92 Å². The third kappa shape index (κ3) is 0.446. The van der Waals surface area contributed by atoms with Gasteiger partial charge >= 0.3 is 0 Å². The second-order valence-electron chi connectivity index (χ2n) is 2.93. The molecule has 2 aliphatic rings. The maximum absolute atomic E-state index is 3.37. The fourth-order valence-corrected chi connectivity index (χ4v) is 1.79. The van der Waals surface area contributed by atoms with E-state index in [0.29, 0.717) is 0 Å². The highest BCUT2D eigenvalue weighted by atomic mass is 15.3. The maximum Gasteiger partial charge on any atom is 0.0270 e. The lowest BCUT2D eigenvalue weighted by molar-refractivity contribution is 0.0827. The Morgan fingerprint density at radius 3 is 2.88 bits per heavy atom. The fourth-order valence-electron chi connectivity index (χ4n) is 1.79. The minimum atomic E-state index is 0.884. The van der Waals surface area contributed by atoms with E-state index in [1.807, 2.05) is 0 Å². The molecule has 2 fully saturated rings. The van der Waals surface area contributed by atoms with Crippen LogP contribution in [0.1, 0.15) is 0 Å². The molecule has 2 saturated heterocycles. The quantitative estimate of drug-likeness (QED) is 0.455. The van der Waals surface area contributed by atoms with E-state index in [4.69, 9.17) is 0 Å². The molecular weight excluding hydrogens is 100 g/mol. The first-order valence-electron chi connectivity index (χ1n) is 3.29. The molecule has 2 heteroatoms. The molecule has 0 radical (unpaired) electrons. The van der Waals surface area contributed by atoms with E-state index in [0.717, 1.165) is 12.0 Å². The zero-order valence-corrected chi connectivity index (χ0v) is 5.22. The van der Waals surface area contributed by atoms with Gasteiger partial charge in [-0.2, -0.15) is 0 Å². The number of fused-ring (bicyclic) bond motifs is 1. The van der Waals surface area contributed by atoms with Crippen LogP contribution in [0.4, 0.5) is 0 Å². The summed E-state index contributed by atoms with van der Waals surface area (Å²) >= 11 is 0. The molecule has 0 aromatic heterocycles. The van der Waals surface area contributed by atoms with Crippen LogP contribution in [-0.4, -0.2) is 37.6 Å². The Bertz CT molecular complexity index is 103. The van der Waals surface area contributed by atoms with Gasteiger partial charge in [0.2, 0.25) is 0 Å². The topological polar surface area (TPSA) is 15.3 Å². The lowest BCUT2D eigenvalue weighted by atomic mass is 9.93. The van der Waals surface area contributed by atoms with Gasteiger partial charge in [0.15, 0.2) is 0 Å². The zero-order valence-electron chi connectivity index (χ0n) is 5.22. The van der Waals surface area contributed by atoms with Gasteiger partial charge in [0.05, 0.1) is 0 Å². The van der Waals surface area contributed by atoms with Crippen LogP contribution in [0.2, 0.25) is 0 Å². The monoisotopic (exact) mass is 112 g/mol. The van der Waals surface area contributed by atoms with Crippen molar-refractivity contribution in [1.29, 1.82) is 0 Å². The van der Waals surface area contributed by atoms with Gasteiger partial charge in [-0.25, -0.2) is 0 Å². The highest BCUT2D eigenvalue weighted by molar-refractivity contribution is 4.96. The van der Waals surface area contributed by atoms with Gasteiger partial charge in [0, 0.05) is 31.6 Å². The second-order valence-corrected chi connectivity index (χ2v) is 2.93. The van der Waals surface area contributed by atoms with Crippen LogP contribution in [0.5, 0.6) is 0 Å². The smallest absolute Gasteiger partial charge is 0.0270 e. The summed E-state index contributed by atoms with van der Waals surface area (Å²) in [6.07, 6.45) is 0. The van der Waals surface area contributed by atoms with Gasteiger partial charge in [0.25, 0.3) is 0 Å². The maximum atomic E-state index is 3.37. The third-order valence-corrected chi connectivity index (χ3v) is 2.39. The highest BCUT2D eigenvalue weighted by Gasteiger charge is 2.39. The lowest BCUT2D eigenvalue weighted by Crippen LogP contribution is -2.52. The van der Waals surface area contributed by atoms with Crippen LogP contribution >= 0.6 is 0 Å². The Kier molecular flexibility index (Phi) is 0.866. The molecule has 2 heterocycles. The molecule has 46 valence electrons. The van der Waals surface area contributed by atoms with Crippen LogP contribution in [0.3, 0.4) is 0 Å². The Balaban J connectivity index is 2.02. The highest BCUT2D eigenvalue weighted by Crippen LogP contribution is 2.24. The molecule has 1 N–H and O–H groups in total. The predicted molar refractivity (Wildman–Crippen MR) is 32.8 cm³/mol. The first-order valence-corrected chi connectivity index (χ1v) is 3.29. The van der Waals surface area contributed by atoms with Gasteiger partial charge in [-0.3, -0.25) is 0 Å². The number of hydrogen-bond donors (Lipinski definition) is 1. The standard InChI is InChI=1S/C6H12N2/c1-8-4-5-2-7-3-6(5)8/h5-7H,2-4H2,1H3/t5-,6-/m0/s1. The van der Waals surface area contributed by atoms with Crippen molar-refractivity contribution in [3.8, 4) is 0 Å². The molecule has 2 atom stereocenters. The first kappa shape index (κ1) is 4.77. The molecule has 0 bridgehead atoms. The molecule has 8 heavy (non-hydrogen) atoms. The number of nitrogens with one attached hydrogen (secondary N) is 1. The average Bonchev–Trinajstić information content (AvgIpc) is 2.09. The number of hydrogen-bond acceptors (Lipinski definition) is 2. The molecule has 0 amide bonds. The van der Waals surface area contributed by atoms with E-state index < -0.39 is 0 Å².